The van der Waals surface area contributed by atoms with Crippen molar-refractivity contribution < 1.29 is 39.5 Å². The second-order valence-electron chi connectivity index (χ2n) is 19.2. The molecule has 0 radical (unpaired) electrons. The maximum Gasteiger partial charge on any atom is 0.258 e. The average Bonchev–Trinajstić information content (AvgIpc) is 4.03. The number of carbonyl (C=O) groups excluding carboxylic acids is 2. The molecule has 8 heterocycles. The predicted octanol–water partition coefficient (Wildman–Crippen LogP) is 4.64. The fourth-order valence-corrected chi connectivity index (χ4v) is 11.5. The van der Waals surface area contributed by atoms with Crippen LogP contribution in [0.4, 0.5) is 11.8 Å². The number of phenolic OH excluding ortho intramolecular Hbond substituents is 2. The Morgan fingerprint density at radius 3 is 2.32 bits per heavy atom. The van der Waals surface area contributed by atoms with Crippen LogP contribution in [0.3, 0.4) is 0 Å². The van der Waals surface area contributed by atoms with Gasteiger partial charge in [-0.25, -0.2) is 19.9 Å². The van der Waals surface area contributed by atoms with E-state index in [9.17, 15) is 30.0 Å². The van der Waals surface area contributed by atoms with Gasteiger partial charge in [-0.05, 0) is 66.0 Å². The number of nitrogens with zero attached hydrogens (tertiary/aromatic N) is 8. The summed E-state index contributed by atoms with van der Waals surface area (Å²) in [5, 5.41) is 44.7. The summed E-state index contributed by atoms with van der Waals surface area (Å²) in [4.78, 5) is 54.2. The molecule has 1 unspecified atom stereocenters. The molecule has 5 aliphatic rings. The highest BCUT2D eigenvalue weighted by Crippen LogP contribution is 2.49. The van der Waals surface area contributed by atoms with Gasteiger partial charge in [-0.1, -0.05) is 32.0 Å². The molecule has 4 fully saturated rings. The number of benzene rings is 2. The highest BCUT2D eigenvalue weighted by Gasteiger charge is 2.52. The topological polar surface area (TPSA) is 224 Å². The van der Waals surface area contributed by atoms with Gasteiger partial charge in [-0.2, -0.15) is 0 Å². The van der Waals surface area contributed by atoms with E-state index in [1.54, 1.807) is 23.4 Å². The number of nitrogens with two attached hydrogens (primary N) is 1. The van der Waals surface area contributed by atoms with Crippen molar-refractivity contribution in [2.45, 2.75) is 94.7 Å². The normalized spacial score (nSPS) is 21.9. The number of aromatic nitrogens is 4. The summed E-state index contributed by atoms with van der Waals surface area (Å²) in [6.07, 6.45) is 5.82. The number of phenols is 2. The Labute approximate surface area is 386 Å². The van der Waals surface area contributed by atoms with Gasteiger partial charge in [0.15, 0.2) is 11.6 Å². The molecule has 0 aliphatic carbocycles. The van der Waals surface area contributed by atoms with Crippen LogP contribution in [-0.2, 0) is 39.5 Å². The lowest BCUT2D eigenvalue weighted by Crippen LogP contribution is -2.50. The highest BCUT2D eigenvalue weighted by atomic mass is 32.1. The number of ether oxygens (including phenoxy) is 2. The molecule has 10 rings (SSSR count). The van der Waals surface area contributed by atoms with Gasteiger partial charge in [0.05, 0.1) is 58.8 Å². The molecule has 4 saturated heterocycles. The van der Waals surface area contributed by atoms with Crippen molar-refractivity contribution in [1.82, 2.24) is 34.6 Å². The summed E-state index contributed by atoms with van der Waals surface area (Å²) in [5.74, 6) is 0.819. The Morgan fingerprint density at radius 1 is 0.864 bits per heavy atom. The lowest BCUT2D eigenvalue weighted by atomic mass is 9.82. The largest absolute Gasteiger partial charge is 0.508 e. The second-order valence-corrected chi connectivity index (χ2v) is 20.3. The Morgan fingerprint density at radius 2 is 1.59 bits per heavy atom. The number of fused-ring (bicyclic) bond motifs is 2. The standard InChI is InChI=1S/C48H57N9O8S/c1-29(2)34-18-35(38(59)20-37(34)58)44(61)57-25-31-4-3-30(17-32(31)26-57)24-54-9-5-46(62,6-10-54)21-40(60)55-11-7-47(8-12-55)27-48(63,28-65-47)39-19-36-41(66-39)43(56-13-15-64-16-14-56)53-42(52-36)33-22-50-45(49)51-23-33/h3-4,17-20,22-23,29,58-59,62-63H,5-16,21,24-28H2,1-2H3,(H2,49,50,51). The molecule has 0 bridgehead atoms. The third kappa shape index (κ3) is 8.65. The average molecular weight is 920 g/mol. The molecule has 1 atom stereocenters. The van der Waals surface area contributed by atoms with Crippen molar-refractivity contribution in [3.05, 3.63) is 81.5 Å². The molecule has 0 saturated carbocycles. The molecular formula is C48H57N9O8S. The van der Waals surface area contributed by atoms with Crippen LogP contribution in [0.1, 0.15) is 95.8 Å². The van der Waals surface area contributed by atoms with Gasteiger partial charge in [-0.15, -0.1) is 11.3 Å². The Hall–Kier alpha value is -5.50. The van der Waals surface area contributed by atoms with Gasteiger partial charge < -0.3 is 50.3 Å². The number of amides is 2. The molecule has 2 aromatic carbocycles. The first-order chi connectivity index (χ1) is 31.7. The summed E-state index contributed by atoms with van der Waals surface area (Å²) in [7, 11) is 0. The van der Waals surface area contributed by atoms with E-state index in [1.807, 2.05) is 24.8 Å². The number of anilines is 2. The predicted molar refractivity (Wildman–Crippen MR) is 247 cm³/mol. The molecule has 66 heavy (non-hydrogen) atoms. The summed E-state index contributed by atoms with van der Waals surface area (Å²) in [6, 6.07) is 11.1. The zero-order valence-corrected chi connectivity index (χ0v) is 38.2. The fraction of sp³-hybridized carbons (Fsp3) is 0.500. The minimum atomic E-state index is -1.23. The van der Waals surface area contributed by atoms with Crippen LogP contribution < -0.4 is 10.6 Å². The van der Waals surface area contributed by atoms with Gasteiger partial charge in [-0.3, -0.25) is 14.5 Å². The van der Waals surface area contributed by atoms with Crippen molar-refractivity contribution in [2.75, 3.05) is 69.7 Å². The van der Waals surface area contributed by atoms with E-state index >= 15 is 0 Å². The zero-order chi connectivity index (χ0) is 46.0. The number of morpholine rings is 1. The summed E-state index contributed by atoms with van der Waals surface area (Å²) < 4.78 is 13.0. The highest BCUT2D eigenvalue weighted by molar-refractivity contribution is 7.19. The zero-order valence-electron chi connectivity index (χ0n) is 37.4. The molecule has 17 nitrogen and oxygen atoms in total. The van der Waals surface area contributed by atoms with Crippen LogP contribution >= 0.6 is 11.3 Å². The van der Waals surface area contributed by atoms with Crippen LogP contribution in [0.15, 0.2) is 48.8 Å². The maximum atomic E-state index is 13.7. The lowest BCUT2D eigenvalue weighted by Gasteiger charge is -2.42. The van der Waals surface area contributed by atoms with E-state index in [1.165, 1.54) is 17.4 Å². The van der Waals surface area contributed by atoms with Gasteiger partial charge in [0.2, 0.25) is 11.9 Å². The summed E-state index contributed by atoms with van der Waals surface area (Å²) >= 11 is 1.49. The Bertz CT molecular complexity index is 2660. The lowest BCUT2D eigenvalue weighted by molar-refractivity contribution is -0.143. The molecule has 5 aliphatic heterocycles. The number of hydrogen-bond acceptors (Lipinski definition) is 16. The van der Waals surface area contributed by atoms with E-state index < -0.39 is 16.8 Å². The SMILES string of the molecule is CC(C)c1cc(C(=O)N2Cc3ccc(CN4CCC(O)(CC(=O)N5CCC6(CC5)CC(O)(c5cc7nc(-c8cnc(N)nc8)nc(N8CCOCC8)c7s5)CO6)CC4)cc3C2)c(O)cc1O. The van der Waals surface area contributed by atoms with Crippen LogP contribution in [0.5, 0.6) is 11.5 Å². The van der Waals surface area contributed by atoms with Gasteiger partial charge in [0.25, 0.3) is 5.91 Å². The van der Waals surface area contributed by atoms with Crippen molar-refractivity contribution in [2.24, 2.45) is 0 Å². The molecule has 5 aromatic rings. The van der Waals surface area contributed by atoms with E-state index in [2.05, 4.69) is 38.0 Å². The van der Waals surface area contributed by atoms with Crippen molar-refractivity contribution >= 4 is 45.1 Å². The number of nitrogen functional groups attached to an aromatic ring is 1. The first kappa shape index (κ1) is 44.3. The smallest absolute Gasteiger partial charge is 0.258 e. The molecule has 6 N–H and O–H groups in total. The number of carbonyl (C=O) groups is 2. The van der Waals surface area contributed by atoms with Gasteiger partial charge in [0.1, 0.15) is 17.1 Å². The van der Waals surface area contributed by atoms with Crippen molar-refractivity contribution in [3.8, 4) is 22.9 Å². The quantitative estimate of drug-likeness (QED) is 0.136. The minimum absolute atomic E-state index is 0.00877. The number of piperidine rings is 2. The van der Waals surface area contributed by atoms with Crippen molar-refractivity contribution in [1.29, 1.82) is 0 Å². The van der Waals surface area contributed by atoms with Crippen LogP contribution in [0.2, 0.25) is 0 Å². The first-order valence-corrected chi connectivity index (χ1v) is 23.7. The summed E-state index contributed by atoms with van der Waals surface area (Å²) in [6.45, 7) is 10.3. The number of thiophene rings is 1. The van der Waals surface area contributed by atoms with E-state index in [0.717, 1.165) is 37.6 Å². The minimum Gasteiger partial charge on any atom is -0.508 e. The van der Waals surface area contributed by atoms with Gasteiger partial charge >= 0.3 is 0 Å². The first-order valence-electron chi connectivity index (χ1n) is 22.9. The Balaban J connectivity index is 0.727. The van der Waals surface area contributed by atoms with Crippen LogP contribution in [0, 0.1) is 0 Å². The van der Waals surface area contributed by atoms with Crippen LogP contribution in [-0.4, -0.2) is 137 Å². The number of aromatic hydroxyl groups is 2. The Kier molecular flexibility index (Phi) is 11.6. The molecular weight excluding hydrogens is 863 g/mol. The number of aliphatic hydroxyl groups is 2. The van der Waals surface area contributed by atoms with E-state index in [-0.39, 0.29) is 53.8 Å². The number of hydrogen-bond donors (Lipinski definition) is 5. The van der Waals surface area contributed by atoms with Crippen LogP contribution in [0.25, 0.3) is 21.6 Å². The second kappa shape index (κ2) is 17.3. The third-order valence-corrected chi connectivity index (χ3v) is 15.6. The molecule has 3 aromatic heterocycles. The maximum absolute atomic E-state index is 13.7. The fourth-order valence-electron chi connectivity index (χ4n) is 10.3. The number of rotatable bonds is 9. The molecule has 1 spiro atoms. The van der Waals surface area contributed by atoms with Crippen molar-refractivity contribution in [3.63, 3.8) is 0 Å². The molecule has 348 valence electrons. The number of likely N-dealkylation sites (tertiary alicyclic amines) is 2. The van der Waals surface area contributed by atoms with E-state index in [0.29, 0.717) is 121 Å². The molecule has 18 heteroatoms. The van der Waals surface area contributed by atoms with E-state index in [4.69, 9.17) is 25.2 Å². The monoisotopic (exact) mass is 919 g/mol. The van der Waals surface area contributed by atoms with Gasteiger partial charge in [0, 0.05) is 88.7 Å². The third-order valence-electron chi connectivity index (χ3n) is 14.3. The summed E-state index contributed by atoms with van der Waals surface area (Å²) in [5.41, 5.74) is 8.25. The molecule has 2 amide bonds.